The summed E-state index contributed by atoms with van der Waals surface area (Å²) in [6.07, 6.45) is 4.93. The van der Waals surface area contributed by atoms with Crippen LogP contribution in [0.15, 0.2) is 11.6 Å². The Kier molecular flexibility index (Phi) is 5.84. The maximum atomic E-state index is 11.5. The molecule has 0 aromatic carbocycles. The first kappa shape index (κ1) is 12.9. The largest absolute Gasteiger partial charge is 0.369 e. The fourth-order valence-corrected chi connectivity index (χ4v) is 1.09. The Hall–Kier alpha value is -1.12. The van der Waals surface area contributed by atoms with Gasteiger partial charge in [-0.25, -0.2) is 0 Å². The summed E-state index contributed by atoms with van der Waals surface area (Å²) in [6, 6.07) is 0. The average molecular weight is 197 g/mol. The normalized spacial score (nSPS) is 13.8. The minimum Gasteiger partial charge on any atom is -0.369 e. The molecular formula is C11H19NO2. The summed E-state index contributed by atoms with van der Waals surface area (Å²) in [7, 11) is 0. The minimum atomic E-state index is -0.701. The molecule has 0 spiro atoms. The lowest BCUT2D eigenvalue weighted by Crippen LogP contribution is -2.28. The van der Waals surface area contributed by atoms with Crippen molar-refractivity contribution in [3.05, 3.63) is 11.6 Å². The molecule has 0 rings (SSSR count). The molecule has 3 nitrogen and oxygen atoms in total. The van der Waals surface area contributed by atoms with Gasteiger partial charge >= 0.3 is 0 Å². The smallest absolute Gasteiger partial charge is 0.228 e. The number of allylic oxidation sites excluding steroid dienone is 2. The summed E-state index contributed by atoms with van der Waals surface area (Å²) in [5.74, 6) is -1.42. The van der Waals surface area contributed by atoms with Crippen LogP contribution in [-0.2, 0) is 9.59 Å². The van der Waals surface area contributed by atoms with Crippen molar-refractivity contribution in [3.63, 3.8) is 0 Å². The molecule has 2 N–H and O–H groups in total. The van der Waals surface area contributed by atoms with Crippen LogP contribution >= 0.6 is 0 Å². The predicted molar refractivity (Wildman–Crippen MR) is 56.6 cm³/mol. The molecule has 0 bridgehead atoms. The van der Waals surface area contributed by atoms with E-state index >= 15 is 0 Å². The van der Waals surface area contributed by atoms with E-state index in [-0.39, 0.29) is 5.78 Å². The first-order valence-electron chi connectivity index (χ1n) is 5.01. The Morgan fingerprint density at radius 1 is 1.43 bits per heavy atom. The fraction of sp³-hybridized carbons (Fsp3) is 0.636. The predicted octanol–water partition coefficient (Wildman–Crippen LogP) is 1.81. The molecule has 80 valence electrons. The number of carbonyl (C=O) groups is 2. The first-order chi connectivity index (χ1) is 6.50. The average Bonchev–Trinajstić information content (AvgIpc) is 2.15. The number of carbonyl (C=O) groups excluding carboxylic acids is 2. The molecule has 0 unspecified atom stereocenters. The van der Waals surface area contributed by atoms with E-state index in [9.17, 15) is 9.59 Å². The lowest BCUT2D eigenvalue weighted by molar-refractivity contribution is -0.129. The Morgan fingerprint density at radius 2 is 2.00 bits per heavy atom. The van der Waals surface area contributed by atoms with Gasteiger partial charge in [-0.2, -0.15) is 0 Å². The van der Waals surface area contributed by atoms with E-state index in [1.54, 1.807) is 13.8 Å². The summed E-state index contributed by atoms with van der Waals surface area (Å²) in [5.41, 5.74) is 5.69. The maximum Gasteiger partial charge on any atom is 0.228 e. The van der Waals surface area contributed by atoms with E-state index in [2.05, 4.69) is 6.92 Å². The third-order valence-electron chi connectivity index (χ3n) is 2.22. The molecule has 0 aliphatic rings. The van der Waals surface area contributed by atoms with Gasteiger partial charge in [-0.15, -0.1) is 0 Å². The Bertz CT molecular complexity index is 244. The van der Waals surface area contributed by atoms with E-state index in [0.717, 1.165) is 19.3 Å². The highest BCUT2D eigenvalue weighted by Gasteiger charge is 2.19. The van der Waals surface area contributed by atoms with E-state index in [4.69, 9.17) is 5.73 Å². The zero-order valence-corrected chi connectivity index (χ0v) is 9.17. The molecule has 0 saturated carbocycles. The molecule has 0 aromatic heterocycles. The van der Waals surface area contributed by atoms with Gasteiger partial charge in [-0.1, -0.05) is 25.8 Å². The topological polar surface area (TPSA) is 60.2 Å². The standard InChI is InChI=1S/C11H19NO2/c1-4-5-6-7-8(2)10(13)9(3)11(12)14/h7,9H,4-6H2,1-3H3,(H2,12,14)/b8-7+/t9-/m0/s1. The maximum absolute atomic E-state index is 11.5. The molecule has 14 heavy (non-hydrogen) atoms. The van der Waals surface area contributed by atoms with Crippen LogP contribution in [0.1, 0.15) is 40.0 Å². The van der Waals surface area contributed by atoms with Gasteiger partial charge in [0.1, 0.15) is 0 Å². The van der Waals surface area contributed by atoms with E-state index < -0.39 is 11.8 Å². The van der Waals surface area contributed by atoms with Gasteiger partial charge < -0.3 is 5.73 Å². The number of rotatable bonds is 6. The summed E-state index contributed by atoms with van der Waals surface area (Å²) in [5, 5.41) is 0. The monoisotopic (exact) mass is 197 g/mol. The molecule has 0 fully saturated rings. The van der Waals surface area contributed by atoms with E-state index in [1.807, 2.05) is 6.08 Å². The van der Waals surface area contributed by atoms with Crippen molar-refractivity contribution in [1.82, 2.24) is 0 Å². The minimum absolute atomic E-state index is 0.159. The molecule has 1 atom stereocenters. The summed E-state index contributed by atoms with van der Waals surface area (Å²) >= 11 is 0. The van der Waals surface area contributed by atoms with Crippen LogP contribution in [0.4, 0.5) is 0 Å². The lowest BCUT2D eigenvalue weighted by atomic mass is 9.99. The van der Waals surface area contributed by atoms with Crippen LogP contribution in [0.3, 0.4) is 0 Å². The van der Waals surface area contributed by atoms with Gasteiger partial charge in [-0.05, 0) is 25.8 Å². The molecule has 1 amide bonds. The third-order valence-corrected chi connectivity index (χ3v) is 2.22. The van der Waals surface area contributed by atoms with Gasteiger partial charge in [0.25, 0.3) is 0 Å². The highest BCUT2D eigenvalue weighted by atomic mass is 16.2. The fourth-order valence-electron chi connectivity index (χ4n) is 1.09. The quantitative estimate of drug-likeness (QED) is 0.401. The Balaban J connectivity index is 4.24. The van der Waals surface area contributed by atoms with E-state index in [0.29, 0.717) is 5.57 Å². The molecule has 0 radical (unpaired) electrons. The van der Waals surface area contributed by atoms with Crippen molar-refractivity contribution >= 4 is 11.7 Å². The number of amides is 1. The lowest BCUT2D eigenvalue weighted by Gasteiger charge is -2.05. The number of hydrogen-bond donors (Lipinski definition) is 1. The second-order valence-electron chi connectivity index (χ2n) is 3.52. The van der Waals surface area contributed by atoms with Crippen LogP contribution in [0, 0.1) is 5.92 Å². The third kappa shape index (κ3) is 4.21. The molecule has 0 aromatic rings. The summed E-state index contributed by atoms with van der Waals surface area (Å²) in [6.45, 7) is 5.37. The number of primary amides is 1. The molecular weight excluding hydrogens is 178 g/mol. The first-order valence-corrected chi connectivity index (χ1v) is 5.01. The number of hydrogen-bond acceptors (Lipinski definition) is 2. The second kappa shape index (κ2) is 6.35. The molecule has 3 heteroatoms. The van der Waals surface area contributed by atoms with Crippen molar-refractivity contribution in [2.75, 3.05) is 0 Å². The van der Waals surface area contributed by atoms with Crippen LogP contribution < -0.4 is 5.73 Å². The summed E-state index contributed by atoms with van der Waals surface area (Å²) < 4.78 is 0. The van der Waals surface area contributed by atoms with Crippen LogP contribution in [0.25, 0.3) is 0 Å². The Morgan fingerprint density at radius 3 is 2.43 bits per heavy atom. The van der Waals surface area contributed by atoms with Crippen molar-refractivity contribution in [1.29, 1.82) is 0 Å². The van der Waals surface area contributed by atoms with Crippen molar-refractivity contribution in [2.45, 2.75) is 40.0 Å². The van der Waals surface area contributed by atoms with Gasteiger partial charge in [-0.3, -0.25) is 9.59 Å². The van der Waals surface area contributed by atoms with Crippen LogP contribution in [0.2, 0.25) is 0 Å². The number of Topliss-reactive ketones (excluding diaryl/α,β-unsaturated/α-hetero) is 1. The zero-order chi connectivity index (χ0) is 11.1. The van der Waals surface area contributed by atoms with E-state index in [1.165, 1.54) is 0 Å². The van der Waals surface area contributed by atoms with Gasteiger partial charge in [0.15, 0.2) is 5.78 Å². The SMILES string of the molecule is CCCC/C=C(\C)C(=O)[C@H](C)C(N)=O. The van der Waals surface area contributed by atoms with Gasteiger partial charge in [0.2, 0.25) is 5.91 Å². The Labute approximate surface area is 85.4 Å². The number of nitrogens with two attached hydrogens (primary N) is 1. The van der Waals surface area contributed by atoms with Gasteiger partial charge in [0.05, 0.1) is 5.92 Å². The second-order valence-corrected chi connectivity index (χ2v) is 3.52. The number of unbranched alkanes of at least 4 members (excludes halogenated alkanes) is 2. The van der Waals surface area contributed by atoms with Crippen molar-refractivity contribution in [2.24, 2.45) is 11.7 Å². The molecule has 0 heterocycles. The van der Waals surface area contributed by atoms with Crippen LogP contribution in [0.5, 0.6) is 0 Å². The van der Waals surface area contributed by atoms with Gasteiger partial charge in [0, 0.05) is 0 Å². The molecule has 0 aliphatic heterocycles. The van der Waals surface area contributed by atoms with Crippen molar-refractivity contribution in [3.8, 4) is 0 Å². The van der Waals surface area contributed by atoms with Crippen LogP contribution in [-0.4, -0.2) is 11.7 Å². The summed E-state index contributed by atoms with van der Waals surface area (Å²) in [4.78, 5) is 22.3. The highest BCUT2D eigenvalue weighted by molar-refractivity contribution is 6.08. The zero-order valence-electron chi connectivity index (χ0n) is 9.17. The molecule has 0 aliphatic carbocycles. The molecule has 0 saturated heterocycles. The number of ketones is 1. The van der Waals surface area contributed by atoms with Crippen molar-refractivity contribution < 1.29 is 9.59 Å². The highest BCUT2D eigenvalue weighted by Crippen LogP contribution is 2.08.